The van der Waals surface area contributed by atoms with Crippen molar-refractivity contribution in [3.05, 3.63) is 36.5 Å². The Morgan fingerprint density at radius 1 is 1.03 bits per heavy atom. The summed E-state index contributed by atoms with van der Waals surface area (Å²) in [6, 6.07) is 9.37. The molecule has 2 aliphatic heterocycles. The molecule has 154 valence electrons. The number of ether oxygens (including phenoxy) is 1. The first-order chi connectivity index (χ1) is 14.2. The highest BCUT2D eigenvalue weighted by Crippen LogP contribution is 2.24. The molecule has 8 nitrogen and oxygen atoms in total. The Hall–Kier alpha value is -3.03. The van der Waals surface area contributed by atoms with Crippen LogP contribution in [0.1, 0.15) is 19.8 Å². The summed E-state index contributed by atoms with van der Waals surface area (Å²) in [6.07, 6.45) is 4.24. The zero-order chi connectivity index (χ0) is 20.1. The number of hydrogen-bond donors (Lipinski definition) is 1. The summed E-state index contributed by atoms with van der Waals surface area (Å²) in [4.78, 5) is 28.2. The van der Waals surface area contributed by atoms with Crippen LogP contribution in [0.4, 0.5) is 22.2 Å². The fourth-order valence-corrected chi connectivity index (χ4v) is 3.77. The molecule has 2 aromatic rings. The molecule has 0 spiro atoms. The second-order valence-electron chi connectivity index (χ2n) is 7.24. The van der Waals surface area contributed by atoms with E-state index in [2.05, 4.69) is 20.1 Å². The number of amides is 2. The summed E-state index contributed by atoms with van der Waals surface area (Å²) in [7, 11) is 0. The minimum atomic E-state index is -0.0998. The van der Waals surface area contributed by atoms with Crippen LogP contribution in [0, 0.1) is 0 Å². The number of aromatic nitrogens is 2. The molecule has 1 N–H and O–H groups in total. The highest BCUT2D eigenvalue weighted by molar-refractivity contribution is 5.91. The maximum atomic E-state index is 12.7. The summed E-state index contributed by atoms with van der Waals surface area (Å²) >= 11 is 0. The van der Waals surface area contributed by atoms with Gasteiger partial charge >= 0.3 is 6.03 Å². The molecule has 1 aromatic carbocycles. The zero-order valence-electron chi connectivity index (χ0n) is 16.9. The van der Waals surface area contributed by atoms with Crippen molar-refractivity contribution >= 4 is 23.5 Å². The summed E-state index contributed by atoms with van der Waals surface area (Å²) in [5, 5.41) is 2.98. The lowest BCUT2D eigenvalue weighted by Gasteiger charge is -2.35. The van der Waals surface area contributed by atoms with Gasteiger partial charge in [0, 0.05) is 45.5 Å². The van der Waals surface area contributed by atoms with Crippen molar-refractivity contribution in [2.45, 2.75) is 19.8 Å². The lowest BCUT2D eigenvalue weighted by molar-refractivity contribution is 0.208. The predicted octanol–water partition coefficient (Wildman–Crippen LogP) is 2.83. The number of hydrogen-bond acceptors (Lipinski definition) is 6. The van der Waals surface area contributed by atoms with Crippen LogP contribution in [0.15, 0.2) is 36.5 Å². The average Bonchev–Trinajstić information content (AvgIpc) is 3.31. The van der Waals surface area contributed by atoms with Crippen LogP contribution < -0.4 is 19.9 Å². The Labute approximate surface area is 171 Å². The van der Waals surface area contributed by atoms with Gasteiger partial charge in [-0.2, -0.15) is 4.98 Å². The van der Waals surface area contributed by atoms with Crippen LogP contribution in [0.2, 0.25) is 0 Å². The molecule has 0 saturated carbocycles. The van der Waals surface area contributed by atoms with E-state index < -0.39 is 0 Å². The van der Waals surface area contributed by atoms with Gasteiger partial charge in [0.2, 0.25) is 5.95 Å². The van der Waals surface area contributed by atoms with Crippen molar-refractivity contribution in [2.75, 3.05) is 61.0 Å². The third-order valence-corrected chi connectivity index (χ3v) is 5.34. The fraction of sp³-hybridized carbons (Fsp3) is 0.476. The molecule has 0 atom stereocenters. The first kappa shape index (κ1) is 19.3. The Bertz CT molecular complexity index is 831. The van der Waals surface area contributed by atoms with Gasteiger partial charge in [0.05, 0.1) is 12.3 Å². The van der Waals surface area contributed by atoms with Gasteiger partial charge in [0.25, 0.3) is 0 Å². The average molecular weight is 396 g/mol. The number of nitrogens with one attached hydrogen (secondary N) is 1. The molecular weight excluding hydrogens is 368 g/mol. The zero-order valence-corrected chi connectivity index (χ0v) is 16.9. The number of nitrogens with zero attached hydrogens (tertiary/aromatic N) is 5. The van der Waals surface area contributed by atoms with E-state index in [1.165, 1.54) is 12.8 Å². The number of piperazine rings is 1. The van der Waals surface area contributed by atoms with Crippen molar-refractivity contribution in [1.29, 1.82) is 0 Å². The number of para-hydroxylation sites is 2. The molecule has 0 bridgehead atoms. The molecular formula is C21H28N6O2. The van der Waals surface area contributed by atoms with E-state index in [-0.39, 0.29) is 6.03 Å². The van der Waals surface area contributed by atoms with Crippen LogP contribution in [0.25, 0.3) is 0 Å². The number of carbonyl (C=O) groups is 1. The lowest BCUT2D eigenvalue weighted by Crippen LogP contribution is -2.50. The number of urea groups is 1. The standard InChI is InChI=1S/C21H28N6O2/c1-2-29-18-8-4-3-7-17(18)23-21(28)27-15-13-25(14-16-27)19-9-10-22-20(24-19)26-11-5-6-12-26/h3-4,7-10H,2,5-6,11-16H2,1H3,(H,23,28). The van der Waals surface area contributed by atoms with Gasteiger partial charge in [0.1, 0.15) is 11.6 Å². The molecule has 0 radical (unpaired) electrons. The van der Waals surface area contributed by atoms with Crippen LogP contribution in [-0.4, -0.2) is 66.8 Å². The molecule has 1 aromatic heterocycles. The van der Waals surface area contributed by atoms with E-state index >= 15 is 0 Å². The Morgan fingerprint density at radius 3 is 2.55 bits per heavy atom. The van der Waals surface area contributed by atoms with Gasteiger partial charge in [0.15, 0.2) is 0 Å². The van der Waals surface area contributed by atoms with Crippen LogP contribution >= 0.6 is 0 Å². The smallest absolute Gasteiger partial charge is 0.322 e. The highest BCUT2D eigenvalue weighted by atomic mass is 16.5. The molecule has 2 aliphatic rings. The molecule has 2 fully saturated rings. The number of benzene rings is 1. The number of anilines is 3. The molecule has 4 rings (SSSR count). The molecule has 8 heteroatoms. The van der Waals surface area contributed by atoms with Crippen molar-refractivity contribution in [2.24, 2.45) is 0 Å². The Balaban J connectivity index is 1.35. The molecule has 0 aliphatic carbocycles. The highest BCUT2D eigenvalue weighted by Gasteiger charge is 2.23. The Morgan fingerprint density at radius 2 is 1.79 bits per heavy atom. The number of rotatable bonds is 5. The largest absolute Gasteiger partial charge is 0.492 e. The first-order valence-corrected chi connectivity index (χ1v) is 10.4. The van der Waals surface area contributed by atoms with Gasteiger partial charge in [-0.3, -0.25) is 0 Å². The van der Waals surface area contributed by atoms with E-state index in [1.54, 1.807) is 0 Å². The topological polar surface area (TPSA) is 73.8 Å². The van der Waals surface area contributed by atoms with E-state index in [0.29, 0.717) is 31.1 Å². The van der Waals surface area contributed by atoms with E-state index in [4.69, 9.17) is 9.72 Å². The molecule has 0 unspecified atom stereocenters. The van der Waals surface area contributed by atoms with Gasteiger partial charge < -0.3 is 24.8 Å². The summed E-state index contributed by atoms with van der Waals surface area (Å²) in [5.74, 6) is 2.44. The van der Waals surface area contributed by atoms with Crippen LogP contribution in [0.5, 0.6) is 5.75 Å². The second-order valence-corrected chi connectivity index (χ2v) is 7.24. The van der Waals surface area contributed by atoms with E-state index in [9.17, 15) is 4.79 Å². The predicted molar refractivity (Wildman–Crippen MR) is 114 cm³/mol. The van der Waals surface area contributed by atoms with Gasteiger partial charge in [-0.05, 0) is 38.0 Å². The first-order valence-electron chi connectivity index (χ1n) is 10.4. The van der Waals surface area contributed by atoms with E-state index in [1.807, 2.05) is 48.4 Å². The van der Waals surface area contributed by atoms with Crippen molar-refractivity contribution in [3.8, 4) is 5.75 Å². The van der Waals surface area contributed by atoms with Gasteiger partial charge in [-0.1, -0.05) is 12.1 Å². The third-order valence-electron chi connectivity index (χ3n) is 5.34. The maximum absolute atomic E-state index is 12.7. The minimum absolute atomic E-state index is 0.0998. The Kier molecular flexibility index (Phi) is 5.97. The van der Waals surface area contributed by atoms with Crippen LogP contribution in [-0.2, 0) is 0 Å². The van der Waals surface area contributed by atoms with Crippen LogP contribution in [0.3, 0.4) is 0 Å². The van der Waals surface area contributed by atoms with E-state index in [0.717, 1.165) is 37.9 Å². The van der Waals surface area contributed by atoms with Gasteiger partial charge in [-0.15, -0.1) is 0 Å². The summed E-state index contributed by atoms with van der Waals surface area (Å²) < 4.78 is 5.59. The summed E-state index contributed by atoms with van der Waals surface area (Å²) in [6.45, 7) is 7.33. The SMILES string of the molecule is CCOc1ccccc1NC(=O)N1CCN(c2ccnc(N3CCCC3)n2)CC1. The fourth-order valence-electron chi connectivity index (χ4n) is 3.77. The molecule has 2 amide bonds. The number of carbonyl (C=O) groups excluding carboxylic acids is 1. The molecule has 3 heterocycles. The molecule has 2 saturated heterocycles. The third kappa shape index (κ3) is 4.52. The minimum Gasteiger partial charge on any atom is -0.492 e. The summed E-state index contributed by atoms with van der Waals surface area (Å²) in [5.41, 5.74) is 0.702. The quantitative estimate of drug-likeness (QED) is 0.838. The maximum Gasteiger partial charge on any atom is 0.322 e. The second kappa shape index (κ2) is 8.98. The molecule has 29 heavy (non-hydrogen) atoms. The normalized spacial score (nSPS) is 16.8. The van der Waals surface area contributed by atoms with Crippen molar-refractivity contribution in [1.82, 2.24) is 14.9 Å². The monoisotopic (exact) mass is 396 g/mol. The van der Waals surface area contributed by atoms with Crippen molar-refractivity contribution in [3.63, 3.8) is 0 Å². The van der Waals surface area contributed by atoms with Gasteiger partial charge in [-0.25, -0.2) is 9.78 Å². The van der Waals surface area contributed by atoms with Crippen molar-refractivity contribution < 1.29 is 9.53 Å². The lowest BCUT2D eigenvalue weighted by atomic mass is 10.3.